The van der Waals surface area contributed by atoms with Crippen LogP contribution in [0.15, 0.2) is 77.4 Å². The Kier molecular flexibility index (Phi) is 5.26. The molecule has 0 N–H and O–H groups in total. The summed E-state index contributed by atoms with van der Waals surface area (Å²) >= 11 is 0. The highest BCUT2D eigenvalue weighted by molar-refractivity contribution is 6.04. The van der Waals surface area contributed by atoms with Crippen LogP contribution in [0.5, 0.6) is 0 Å². The SMILES string of the molecule is COCn1c(-c2ccccc2)c(/C(=C\C(F)(F)F)c2ccco2)c2ccc(C)cc21. The summed E-state index contributed by atoms with van der Waals surface area (Å²) in [5.74, 6) is 0.154. The molecule has 0 bridgehead atoms. The van der Waals surface area contributed by atoms with Crippen molar-refractivity contribution in [3.8, 4) is 11.3 Å². The Morgan fingerprint density at radius 1 is 1.07 bits per heavy atom. The summed E-state index contributed by atoms with van der Waals surface area (Å²) in [6.45, 7) is 2.14. The molecule has 0 unspecified atom stereocenters. The van der Waals surface area contributed by atoms with Gasteiger partial charge in [0.05, 0.1) is 17.5 Å². The molecular formula is C24H20F3NO2. The van der Waals surface area contributed by atoms with Gasteiger partial charge >= 0.3 is 6.18 Å². The van der Waals surface area contributed by atoms with Crippen LogP contribution < -0.4 is 0 Å². The lowest BCUT2D eigenvalue weighted by atomic mass is 9.95. The fourth-order valence-electron chi connectivity index (χ4n) is 3.75. The fraction of sp³-hybridized carbons (Fsp3) is 0.167. The third-order valence-electron chi connectivity index (χ3n) is 4.89. The van der Waals surface area contributed by atoms with Crippen LogP contribution >= 0.6 is 0 Å². The lowest BCUT2D eigenvalue weighted by molar-refractivity contribution is -0.0793. The molecule has 6 heteroatoms. The first-order chi connectivity index (χ1) is 14.4. The van der Waals surface area contributed by atoms with Gasteiger partial charge in [-0.1, -0.05) is 42.5 Å². The second kappa shape index (κ2) is 7.88. The summed E-state index contributed by atoms with van der Waals surface area (Å²) in [6, 6.07) is 18.2. The molecule has 4 rings (SSSR count). The van der Waals surface area contributed by atoms with E-state index >= 15 is 0 Å². The maximum absolute atomic E-state index is 13.6. The zero-order valence-corrected chi connectivity index (χ0v) is 16.5. The number of alkyl halides is 3. The lowest BCUT2D eigenvalue weighted by Gasteiger charge is -2.14. The van der Waals surface area contributed by atoms with Crippen molar-refractivity contribution in [2.24, 2.45) is 0 Å². The number of ether oxygens (including phenoxy) is 1. The molecule has 0 atom stereocenters. The zero-order valence-electron chi connectivity index (χ0n) is 16.5. The Labute approximate surface area is 172 Å². The quantitative estimate of drug-likeness (QED) is 0.361. The van der Waals surface area contributed by atoms with E-state index in [1.165, 1.54) is 6.26 Å². The Balaban J connectivity index is 2.16. The van der Waals surface area contributed by atoms with Crippen molar-refractivity contribution in [3.63, 3.8) is 0 Å². The number of benzene rings is 2. The van der Waals surface area contributed by atoms with Crippen molar-refractivity contribution in [1.82, 2.24) is 4.57 Å². The number of allylic oxidation sites excluding steroid dienone is 1. The number of rotatable bonds is 5. The van der Waals surface area contributed by atoms with E-state index < -0.39 is 6.18 Å². The number of aryl methyl sites for hydroxylation is 1. The van der Waals surface area contributed by atoms with Crippen LogP contribution in [-0.2, 0) is 11.5 Å². The van der Waals surface area contributed by atoms with Gasteiger partial charge < -0.3 is 13.7 Å². The first-order valence-corrected chi connectivity index (χ1v) is 9.40. The molecule has 30 heavy (non-hydrogen) atoms. The number of hydrogen-bond acceptors (Lipinski definition) is 2. The van der Waals surface area contributed by atoms with E-state index in [4.69, 9.17) is 9.15 Å². The predicted molar refractivity (Wildman–Crippen MR) is 111 cm³/mol. The first-order valence-electron chi connectivity index (χ1n) is 9.40. The minimum Gasteiger partial charge on any atom is -0.464 e. The van der Waals surface area contributed by atoms with E-state index in [9.17, 15) is 13.2 Å². The maximum Gasteiger partial charge on any atom is 0.410 e. The third kappa shape index (κ3) is 3.78. The fourth-order valence-corrected chi connectivity index (χ4v) is 3.75. The molecule has 0 spiro atoms. The highest BCUT2D eigenvalue weighted by Gasteiger charge is 2.30. The number of aromatic nitrogens is 1. The van der Waals surface area contributed by atoms with E-state index in [1.54, 1.807) is 19.2 Å². The number of methoxy groups -OCH3 is 1. The van der Waals surface area contributed by atoms with Gasteiger partial charge in [0.2, 0.25) is 0 Å². The Bertz CT molecular complexity index is 1190. The van der Waals surface area contributed by atoms with E-state index in [1.807, 2.05) is 60.0 Å². The number of halogens is 3. The van der Waals surface area contributed by atoms with Gasteiger partial charge in [-0.2, -0.15) is 13.2 Å². The number of furan rings is 1. The van der Waals surface area contributed by atoms with Crippen molar-refractivity contribution in [2.75, 3.05) is 7.11 Å². The molecular weight excluding hydrogens is 391 g/mol. The first kappa shape index (κ1) is 20.0. The molecule has 0 aliphatic carbocycles. The number of fused-ring (bicyclic) bond motifs is 1. The summed E-state index contributed by atoms with van der Waals surface area (Å²) in [7, 11) is 1.56. The Morgan fingerprint density at radius 3 is 2.47 bits per heavy atom. The molecule has 0 amide bonds. The van der Waals surface area contributed by atoms with Crippen molar-refractivity contribution in [3.05, 3.63) is 89.9 Å². The average Bonchev–Trinajstić information content (AvgIpc) is 3.33. The number of nitrogens with zero attached hydrogens (tertiary/aromatic N) is 1. The molecule has 0 fully saturated rings. The minimum absolute atomic E-state index is 0.0185. The van der Waals surface area contributed by atoms with Crippen LogP contribution in [0.25, 0.3) is 27.7 Å². The summed E-state index contributed by atoms with van der Waals surface area (Å²) in [5, 5.41) is 0.698. The molecule has 2 aromatic carbocycles. The van der Waals surface area contributed by atoms with Crippen molar-refractivity contribution in [1.29, 1.82) is 0 Å². The molecule has 0 saturated carbocycles. The Morgan fingerprint density at radius 2 is 1.83 bits per heavy atom. The van der Waals surface area contributed by atoms with Gasteiger partial charge in [-0.05, 0) is 36.2 Å². The summed E-state index contributed by atoms with van der Waals surface area (Å²) in [6.07, 6.45) is -2.83. The standard InChI is InChI=1S/C24H20F3NO2/c1-16-10-11-18-20(13-16)28(15-29-2)23(17-7-4-3-5-8-17)22(18)19(14-24(25,26)27)21-9-6-12-30-21/h3-14H,15H2,1-2H3/b19-14-. The van der Waals surface area contributed by atoms with Crippen molar-refractivity contribution >= 4 is 16.5 Å². The Hall–Kier alpha value is -3.25. The molecule has 0 saturated heterocycles. The number of hydrogen-bond donors (Lipinski definition) is 0. The van der Waals surface area contributed by atoms with E-state index in [0.717, 1.165) is 16.6 Å². The van der Waals surface area contributed by atoms with E-state index in [0.29, 0.717) is 22.7 Å². The lowest BCUT2D eigenvalue weighted by Crippen LogP contribution is -2.06. The smallest absolute Gasteiger partial charge is 0.410 e. The van der Waals surface area contributed by atoms with Crippen molar-refractivity contribution < 1.29 is 22.3 Å². The minimum atomic E-state index is -4.52. The van der Waals surface area contributed by atoms with Crippen LogP contribution in [0.2, 0.25) is 0 Å². The van der Waals surface area contributed by atoms with Crippen molar-refractivity contribution in [2.45, 2.75) is 19.8 Å². The normalized spacial score (nSPS) is 12.6. The molecule has 2 heterocycles. The molecule has 3 nitrogen and oxygen atoms in total. The second-order valence-corrected chi connectivity index (χ2v) is 7.03. The van der Waals surface area contributed by atoms with E-state index in [-0.39, 0.29) is 18.1 Å². The molecule has 4 aromatic rings. The monoisotopic (exact) mass is 411 g/mol. The summed E-state index contributed by atoms with van der Waals surface area (Å²) in [4.78, 5) is 0. The predicted octanol–water partition coefficient (Wildman–Crippen LogP) is 6.81. The molecule has 0 aliphatic heterocycles. The van der Waals surface area contributed by atoms with Gasteiger partial charge in [-0.15, -0.1) is 0 Å². The maximum atomic E-state index is 13.6. The average molecular weight is 411 g/mol. The third-order valence-corrected chi connectivity index (χ3v) is 4.89. The highest BCUT2D eigenvalue weighted by Crippen LogP contribution is 2.42. The van der Waals surface area contributed by atoms with Gasteiger partial charge in [-0.25, -0.2) is 0 Å². The van der Waals surface area contributed by atoms with Gasteiger partial charge in [0.25, 0.3) is 0 Å². The van der Waals surface area contributed by atoms with Crippen LogP contribution in [0.3, 0.4) is 0 Å². The topological polar surface area (TPSA) is 27.3 Å². The van der Waals surface area contributed by atoms with Gasteiger partial charge in [0.1, 0.15) is 12.5 Å². The van der Waals surface area contributed by atoms with E-state index in [2.05, 4.69) is 0 Å². The van der Waals surface area contributed by atoms with Crippen LogP contribution in [0.4, 0.5) is 13.2 Å². The summed E-state index contributed by atoms with van der Waals surface area (Å²) in [5.41, 5.74) is 3.67. The van der Waals surface area contributed by atoms with Crippen LogP contribution in [0.1, 0.15) is 16.9 Å². The second-order valence-electron chi connectivity index (χ2n) is 7.03. The summed E-state index contributed by atoms with van der Waals surface area (Å²) < 4.78 is 53.5. The van der Waals surface area contributed by atoms with Gasteiger partial charge in [0, 0.05) is 29.7 Å². The van der Waals surface area contributed by atoms with Crippen LogP contribution in [-0.4, -0.2) is 17.9 Å². The van der Waals surface area contributed by atoms with Gasteiger partial charge in [0.15, 0.2) is 0 Å². The highest BCUT2D eigenvalue weighted by atomic mass is 19.4. The van der Waals surface area contributed by atoms with Gasteiger partial charge in [-0.3, -0.25) is 0 Å². The molecule has 154 valence electrons. The van der Waals surface area contributed by atoms with Crippen LogP contribution in [0, 0.1) is 6.92 Å². The molecule has 0 radical (unpaired) electrons. The largest absolute Gasteiger partial charge is 0.464 e. The molecule has 0 aliphatic rings. The molecule has 2 aromatic heterocycles. The zero-order chi connectivity index (χ0) is 21.3.